The number of hydrogen-bond acceptors (Lipinski definition) is 1. The third-order valence-corrected chi connectivity index (χ3v) is 3.61. The molecule has 0 N–H and O–H groups in total. The largest absolute Gasteiger partial charge is 0.337 e. The SMILES string of the molecule is O=C(c1c(F)cccc1Br)N1CCC(Cl)C1. The summed E-state index contributed by atoms with van der Waals surface area (Å²) >= 11 is 9.11. The van der Waals surface area contributed by atoms with Crippen molar-refractivity contribution in [2.45, 2.75) is 11.8 Å². The summed E-state index contributed by atoms with van der Waals surface area (Å²) in [5.41, 5.74) is 0.0910. The maximum atomic E-state index is 13.5. The fourth-order valence-electron chi connectivity index (χ4n) is 1.76. The van der Waals surface area contributed by atoms with Crippen LogP contribution < -0.4 is 0 Å². The van der Waals surface area contributed by atoms with E-state index in [1.54, 1.807) is 17.0 Å². The van der Waals surface area contributed by atoms with Crippen molar-refractivity contribution >= 4 is 33.4 Å². The van der Waals surface area contributed by atoms with Gasteiger partial charge in [-0.1, -0.05) is 6.07 Å². The number of carbonyl (C=O) groups excluding carboxylic acids is 1. The first kappa shape index (κ1) is 11.9. The van der Waals surface area contributed by atoms with Crippen molar-refractivity contribution in [3.05, 3.63) is 34.1 Å². The molecule has 1 unspecified atom stereocenters. The highest BCUT2D eigenvalue weighted by Crippen LogP contribution is 2.24. The summed E-state index contributed by atoms with van der Waals surface area (Å²) in [6, 6.07) is 4.50. The highest BCUT2D eigenvalue weighted by Gasteiger charge is 2.28. The van der Waals surface area contributed by atoms with E-state index in [0.29, 0.717) is 17.6 Å². The number of carbonyl (C=O) groups is 1. The molecular weight excluding hydrogens is 296 g/mol. The van der Waals surface area contributed by atoms with Crippen LogP contribution in [0.5, 0.6) is 0 Å². The van der Waals surface area contributed by atoms with Crippen molar-refractivity contribution in [3.8, 4) is 0 Å². The summed E-state index contributed by atoms with van der Waals surface area (Å²) in [4.78, 5) is 13.6. The average Bonchev–Trinajstić information content (AvgIpc) is 2.64. The van der Waals surface area contributed by atoms with Crippen molar-refractivity contribution in [1.82, 2.24) is 4.90 Å². The van der Waals surface area contributed by atoms with E-state index in [1.165, 1.54) is 6.07 Å². The van der Waals surface area contributed by atoms with Gasteiger partial charge in [-0.15, -0.1) is 11.6 Å². The zero-order valence-corrected chi connectivity index (χ0v) is 10.8. The Labute approximate surface area is 107 Å². The van der Waals surface area contributed by atoms with Crippen molar-refractivity contribution < 1.29 is 9.18 Å². The minimum Gasteiger partial charge on any atom is -0.337 e. The molecule has 1 amide bonds. The van der Waals surface area contributed by atoms with Crippen LogP contribution >= 0.6 is 27.5 Å². The lowest BCUT2D eigenvalue weighted by molar-refractivity contribution is 0.0787. The topological polar surface area (TPSA) is 20.3 Å². The van der Waals surface area contributed by atoms with E-state index in [9.17, 15) is 9.18 Å². The van der Waals surface area contributed by atoms with E-state index in [-0.39, 0.29) is 16.8 Å². The van der Waals surface area contributed by atoms with Crippen LogP contribution in [0.3, 0.4) is 0 Å². The number of benzene rings is 1. The van der Waals surface area contributed by atoms with E-state index in [0.717, 1.165) is 6.42 Å². The molecule has 1 aromatic rings. The van der Waals surface area contributed by atoms with E-state index in [1.807, 2.05) is 0 Å². The van der Waals surface area contributed by atoms with Gasteiger partial charge in [0.25, 0.3) is 5.91 Å². The van der Waals surface area contributed by atoms with Gasteiger partial charge in [-0.2, -0.15) is 0 Å². The second-order valence-corrected chi connectivity index (χ2v) is 5.21. The Morgan fingerprint density at radius 2 is 2.31 bits per heavy atom. The average molecular weight is 307 g/mol. The Balaban J connectivity index is 2.27. The third-order valence-electron chi connectivity index (χ3n) is 2.59. The van der Waals surface area contributed by atoms with Crippen molar-refractivity contribution in [3.63, 3.8) is 0 Å². The van der Waals surface area contributed by atoms with Crippen LogP contribution in [0.2, 0.25) is 0 Å². The van der Waals surface area contributed by atoms with E-state index >= 15 is 0 Å². The van der Waals surface area contributed by atoms with Gasteiger partial charge in [0.05, 0.1) is 10.9 Å². The molecule has 1 aliphatic rings. The molecule has 2 nitrogen and oxygen atoms in total. The number of nitrogens with zero attached hydrogens (tertiary/aromatic N) is 1. The molecule has 1 aliphatic heterocycles. The highest BCUT2D eigenvalue weighted by atomic mass is 79.9. The Morgan fingerprint density at radius 1 is 1.56 bits per heavy atom. The number of alkyl halides is 1. The quantitative estimate of drug-likeness (QED) is 0.730. The fourth-order valence-corrected chi connectivity index (χ4v) is 2.54. The van der Waals surface area contributed by atoms with Gasteiger partial charge in [-0.3, -0.25) is 4.79 Å². The first-order valence-electron chi connectivity index (χ1n) is 4.97. The monoisotopic (exact) mass is 305 g/mol. The number of hydrogen-bond donors (Lipinski definition) is 0. The van der Waals surface area contributed by atoms with Crippen molar-refractivity contribution in [1.29, 1.82) is 0 Å². The van der Waals surface area contributed by atoms with Crippen molar-refractivity contribution in [2.75, 3.05) is 13.1 Å². The van der Waals surface area contributed by atoms with E-state index in [4.69, 9.17) is 11.6 Å². The molecule has 1 fully saturated rings. The van der Waals surface area contributed by atoms with Gasteiger partial charge in [0.15, 0.2) is 0 Å². The summed E-state index contributed by atoms with van der Waals surface area (Å²) in [5, 5.41) is -0.0190. The summed E-state index contributed by atoms with van der Waals surface area (Å²) in [6.45, 7) is 1.08. The maximum absolute atomic E-state index is 13.5. The van der Waals surface area contributed by atoms with E-state index in [2.05, 4.69) is 15.9 Å². The second-order valence-electron chi connectivity index (χ2n) is 3.73. The maximum Gasteiger partial charge on any atom is 0.258 e. The van der Waals surface area contributed by atoms with E-state index < -0.39 is 5.82 Å². The number of halogens is 3. The Kier molecular flexibility index (Phi) is 3.50. The summed E-state index contributed by atoms with van der Waals surface area (Å²) in [6.07, 6.45) is 0.763. The second kappa shape index (κ2) is 4.72. The minimum atomic E-state index is -0.502. The van der Waals surface area contributed by atoms with Gasteiger partial charge < -0.3 is 4.90 Å². The lowest BCUT2D eigenvalue weighted by Crippen LogP contribution is -2.29. The van der Waals surface area contributed by atoms with Gasteiger partial charge in [-0.25, -0.2) is 4.39 Å². The van der Waals surface area contributed by atoms with Crippen LogP contribution in [0.1, 0.15) is 16.8 Å². The Morgan fingerprint density at radius 3 is 2.88 bits per heavy atom. The molecule has 0 radical (unpaired) electrons. The molecular formula is C11H10BrClFNO. The van der Waals surface area contributed by atoms with Gasteiger partial charge in [0, 0.05) is 17.6 Å². The summed E-state index contributed by atoms with van der Waals surface area (Å²) < 4.78 is 14.0. The van der Waals surface area contributed by atoms with Crippen molar-refractivity contribution in [2.24, 2.45) is 0 Å². The van der Waals surface area contributed by atoms with Crippen LogP contribution in [-0.2, 0) is 0 Å². The van der Waals surface area contributed by atoms with Crippen LogP contribution in [0.15, 0.2) is 22.7 Å². The smallest absolute Gasteiger partial charge is 0.258 e. The first-order valence-corrected chi connectivity index (χ1v) is 6.20. The molecule has 0 bridgehead atoms. The molecule has 5 heteroatoms. The molecule has 2 rings (SSSR count). The van der Waals surface area contributed by atoms with Gasteiger partial charge in [0.1, 0.15) is 5.82 Å². The standard InChI is InChI=1S/C11H10BrClFNO/c12-8-2-1-3-9(14)10(8)11(16)15-5-4-7(13)6-15/h1-3,7H,4-6H2. The number of likely N-dealkylation sites (tertiary alicyclic amines) is 1. The highest BCUT2D eigenvalue weighted by molar-refractivity contribution is 9.10. The van der Waals surface area contributed by atoms with Crippen LogP contribution in [0.4, 0.5) is 4.39 Å². The van der Waals surface area contributed by atoms with Gasteiger partial charge >= 0.3 is 0 Å². The first-order chi connectivity index (χ1) is 7.59. The summed E-state index contributed by atoms with van der Waals surface area (Å²) in [5.74, 6) is -0.800. The molecule has 1 atom stereocenters. The zero-order valence-electron chi connectivity index (χ0n) is 8.42. The van der Waals surface area contributed by atoms with Gasteiger partial charge in [0.2, 0.25) is 0 Å². The number of amides is 1. The molecule has 1 saturated heterocycles. The molecule has 0 aromatic heterocycles. The zero-order chi connectivity index (χ0) is 11.7. The third kappa shape index (κ3) is 2.23. The molecule has 1 aromatic carbocycles. The van der Waals surface area contributed by atoms with Crippen LogP contribution in [0.25, 0.3) is 0 Å². The lowest BCUT2D eigenvalue weighted by Gasteiger charge is -2.16. The molecule has 86 valence electrons. The lowest BCUT2D eigenvalue weighted by atomic mass is 10.2. The summed E-state index contributed by atoms with van der Waals surface area (Å²) in [7, 11) is 0. The minimum absolute atomic E-state index is 0.0190. The Bertz CT molecular complexity index is 406. The number of rotatable bonds is 1. The predicted molar refractivity (Wildman–Crippen MR) is 64.3 cm³/mol. The molecule has 0 spiro atoms. The molecule has 1 heterocycles. The van der Waals surface area contributed by atoms with Crippen LogP contribution in [-0.4, -0.2) is 29.3 Å². The van der Waals surface area contributed by atoms with Gasteiger partial charge in [-0.05, 0) is 34.5 Å². The fraction of sp³-hybridized carbons (Fsp3) is 0.364. The normalized spacial score (nSPS) is 20.2. The predicted octanol–water partition coefficient (Wildman–Crippen LogP) is 3.04. The molecule has 0 saturated carbocycles. The Hall–Kier alpha value is -0.610. The van der Waals surface area contributed by atoms with Crippen LogP contribution in [0, 0.1) is 5.82 Å². The molecule has 16 heavy (non-hydrogen) atoms. The molecule has 0 aliphatic carbocycles.